The molecular weight excluding hydrogens is 245 g/mol. The van der Waals surface area contributed by atoms with Crippen molar-refractivity contribution in [1.82, 2.24) is 15.5 Å². The molecule has 1 aliphatic rings. The monoisotopic (exact) mass is 261 g/mol. The van der Waals surface area contributed by atoms with Gasteiger partial charge in [0.05, 0.1) is 5.92 Å². The van der Waals surface area contributed by atoms with Crippen molar-refractivity contribution in [2.75, 3.05) is 13.1 Å². The second-order valence-electron chi connectivity index (χ2n) is 4.90. The molecule has 2 aromatic rings. The van der Waals surface area contributed by atoms with Crippen molar-refractivity contribution in [3.05, 3.63) is 47.4 Å². The Balaban J connectivity index is 1.70. The molecule has 0 spiro atoms. The molecule has 0 amide bonds. The summed E-state index contributed by atoms with van der Waals surface area (Å²) in [7, 11) is 0. The van der Waals surface area contributed by atoms with Crippen LogP contribution in [0.3, 0.4) is 0 Å². The molecule has 0 saturated carbocycles. The molecule has 2 heterocycles. The zero-order valence-electron chi connectivity index (χ0n) is 10.6. The van der Waals surface area contributed by atoms with Crippen LogP contribution in [0, 0.1) is 5.82 Å². The van der Waals surface area contributed by atoms with Crippen molar-refractivity contribution in [3.8, 4) is 0 Å². The van der Waals surface area contributed by atoms with Crippen LogP contribution < -0.4 is 5.32 Å². The number of aromatic nitrogens is 2. The fraction of sp³-hybridized carbons (Fsp3) is 0.429. The van der Waals surface area contributed by atoms with Gasteiger partial charge in [0.1, 0.15) is 5.82 Å². The first kappa shape index (κ1) is 12.3. The maximum Gasteiger partial charge on any atom is 0.231 e. The van der Waals surface area contributed by atoms with E-state index in [1.165, 1.54) is 12.1 Å². The third-order valence-electron chi connectivity index (χ3n) is 3.38. The van der Waals surface area contributed by atoms with E-state index in [0.717, 1.165) is 31.5 Å². The highest BCUT2D eigenvalue weighted by atomic mass is 19.1. The second kappa shape index (κ2) is 5.48. The average Bonchev–Trinajstić information content (AvgIpc) is 2.88. The van der Waals surface area contributed by atoms with Gasteiger partial charge in [-0.25, -0.2) is 4.39 Å². The Bertz CT molecular complexity index is 549. The second-order valence-corrected chi connectivity index (χ2v) is 4.90. The Hall–Kier alpha value is -1.75. The Morgan fingerprint density at radius 3 is 3.16 bits per heavy atom. The lowest BCUT2D eigenvalue weighted by Crippen LogP contribution is -2.28. The molecule has 1 fully saturated rings. The van der Waals surface area contributed by atoms with Crippen molar-refractivity contribution >= 4 is 0 Å². The average molecular weight is 261 g/mol. The lowest BCUT2D eigenvalue weighted by Gasteiger charge is -2.18. The maximum atomic E-state index is 13.1. The number of hydrogen-bond acceptors (Lipinski definition) is 4. The highest BCUT2D eigenvalue weighted by Crippen LogP contribution is 2.21. The summed E-state index contributed by atoms with van der Waals surface area (Å²) in [5.41, 5.74) is 0.856. The fourth-order valence-electron chi connectivity index (χ4n) is 2.40. The van der Waals surface area contributed by atoms with Crippen LogP contribution in [0.15, 0.2) is 28.8 Å². The van der Waals surface area contributed by atoms with E-state index >= 15 is 0 Å². The van der Waals surface area contributed by atoms with Gasteiger partial charge in [0.15, 0.2) is 5.82 Å². The van der Waals surface area contributed by atoms with Gasteiger partial charge in [-0.05, 0) is 37.1 Å². The summed E-state index contributed by atoms with van der Waals surface area (Å²) in [5.74, 6) is 1.38. The maximum absolute atomic E-state index is 13.1. The van der Waals surface area contributed by atoms with Crippen LogP contribution in [-0.4, -0.2) is 23.2 Å². The summed E-state index contributed by atoms with van der Waals surface area (Å²) in [5, 5.41) is 7.30. The Kier molecular flexibility index (Phi) is 3.55. The van der Waals surface area contributed by atoms with Crippen LogP contribution >= 0.6 is 0 Å². The molecule has 1 aliphatic heterocycles. The van der Waals surface area contributed by atoms with E-state index in [1.54, 1.807) is 6.07 Å². The van der Waals surface area contributed by atoms with E-state index in [1.807, 2.05) is 6.07 Å². The highest BCUT2D eigenvalue weighted by Gasteiger charge is 2.21. The standard InChI is InChI=1S/C14H16FN3O/c15-12-5-1-3-10(7-12)8-13-17-14(19-18-13)11-4-2-6-16-9-11/h1,3,5,7,11,16H,2,4,6,8-9H2/t11-/m1/s1. The quantitative estimate of drug-likeness (QED) is 0.920. The fourth-order valence-corrected chi connectivity index (χ4v) is 2.40. The van der Waals surface area contributed by atoms with Crippen LogP contribution in [0.25, 0.3) is 0 Å². The predicted molar refractivity (Wildman–Crippen MR) is 68.3 cm³/mol. The van der Waals surface area contributed by atoms with Gasteiger partial charge in [0.2, 0.25) is 5.89 Å². The number of benzene rings is 1. The molecule has 1 N–H and O–H groups in total. The van der Waals surface area contributed by atoms with Gasteiger partial charge < -0.3 is 9.84 Å². The number of nitrogens with zero attached hydrogens (tertiary/aromatic N) is 2. The smallest absolute Gasteiger partial charge is 0.231 e. The Labute approximate surface area is 111 Å². The molecule has 1 saturated heterocycles. The van der Waals surface area contributed by atoms with Crippen molar-refractivity contribution in [2.24, 2.45) is 0 Å². The van der Waals surface area contributed by atoms with Gasteiger partial charge in [-0.3, -0.25) is 0 Å². The molecule has 1 aromatic heterocycles. The Morgan fingerprint density at radius 2 is 2.37 bits per heavy atom. The molecule has 100 valence electrons. The van der Waals surface area contributed by atoms with Gasteiger partial charge >= 0.3 is 0 Å². The molecule has 4 nitrogen and oxygen atoms in total. The minimum Gasteiger partial charge on any atom is -0.339 e. The molecule has 0 radical (unpaired) electrons. The van der Waals surface area contributed by atoms with Crippen molar-refractivity contribution in [1.29, 1.82) is 0 Å². The van der Waals surface area contributed by atoms with E-state index in [4.69, 9.17) is 4.52 Å². The van der Waals surface area contributed by atoms with Crippen LogP contribution in [0.5, 0.6) is 0 Å². The number of rotatable bonds is 3. The predicted octanol–water partition coefficient (Wildman–Crippen LogP) is 2.27. The molecule has 1 aromatic carbocycles. The summed E-state index contributed by atoms with van der Waals surface area (Å²) in [4.78, 5) is 4.42. The van der Waals surface area contributed by atoms with Crippen LogP contribution in [-0.2, 0) is 6.42 Å². The number of piperidine rings is 1. The van der Waals surface area contributed by atoms with Gasteiger partial charge in [-0.2, -0.15) is 4.98 Å². The van der Waals surface area contributed by atoms with Crippen LogP contribution in [0.2, 0.25) is 0 Å². The van der Waals surface area contributed by atoms with Gasteiger partial charge in [-0.1, -0.05) is 17.3 Å². The first-order valence-corrected chi connectivity index (χ1v) is 6.59. The van der Waals surface area contributed by atoms with E-state index in [2.05, 4.69) is 15.5 Å². The Morgan fingerprint density at radius 1 is 1.42 bits per heavy atom. The number of nitrogens with one attached hydrogen (secondary N) is 1. The molecular formula is C14H16FN3O. The minimum atomic E-state index is -0.238. The molecule has 0 aliphatic carbocycles. The van der Waals surface area contributed by atoms with Crippen molar-refractivity contribution < 1.29 is 8.91 Å². The first-order chi connectivity index (χ1) is 9.31. The zero-order valence-corrected chi connectivity index (χ0v) is 10.6. The summed E-state index contributed by atoms with van der Waals surface area (Å²) in [6, 6.07) is 6.48. The molecule has 0 bridgehead atoms. The van der Waals surface area contributed by atoms with Gasteiger partial charge in [-0.15, -0.1) is 0 Å². The lowest BCUT2D eigenvalue weighted by molar-refractivity contribution is 0.320. The van der Waals surface area contributed by atoms with E-state index in [9.17, 15) is 4.39 Å². The number of hydrogen-bond donors (Lipinski definition) is 1. The molecule has 0 unspecified atom stereocenters. The van der Waals surface area contributed by atoms with Crippen molar-refractivity contribution in [3.63, 3.8) is 0 Å². The third-order valence-corrected chi connectivity index (χ3v) is 3.38. The van der Waals surface area contributed by atoms with E-state index in [-0.39, 0.29) is 5.82 Å². The van der Waals surface area contributed by atoms with Gasteiger partial charge in [0.25, 0.3) is 0 Å². The molecule has 19 heavy (non-hydrogen) atoms. The SMILES string of the molecule is Fc1cccc(Cc2noc([C@@H]3CCCNC3)n2)c1. The summed E-state index contributed by atoms with van der Waals surface area (Å²) < 4.78 is 18.4. The lowest BCUT2D eigenvalue weighted by atomic mass is 10.00. The van der Waals surface area contributed by atoms with Crippen LogP contribution in [0.1, 0.15) is 36.0 Å². The first-order valence-electron chi connectivity index (χ1n) is 6.59. The van der Waals surface area contributed by atoms with Gasteiger partial charge in [0, 0.05) is 13.0 Å². The largest absolute Gasteiger partial charge is 0.339 e. The normalized spacial score (nSPS) is 19.5. The summed E-state index contributed by atoms with van der Waals surface area (Å²) in [6.45, 7) is 1.95. The van der Waals surface area contributed by atoms with Crippen molar-refractivity contribution in [2.45, 2.75) is 25.2 Å². The highest BCUT2D eigenvalue weighted by molar-refractivity contribution is 5.19. The molecule has 1 atom stereocenters. The zero-order chi connectivity index (χ0) is 13.1. The minimum absolute atomic E-state index is 0.238. The summed E-state index contributed by atoms with van der Waals surface area (Å²) in [6.07, 6.45) is 2.71. The van der Waals surface area contributed by atoms with E-state index in [0.29, 0.717) is 24.1 Å². The van der Waals surface area contributed by atoms with E-state index < -0.39 is 0 Å². The molecule has 5 heteroatoms. The summed E-state index contributed by atoms with van der Waals surface area (Å²) >= 11 is 0. The third kappa shape index (κ3) is 2.98. The van der Waals surface area contributed by atoms with Crippen LogP contribution in [0.4, 0.5) is 4.39 Å². The number of halogens is 1. The topological polar surface area (TPSA) is 51.0 Å². The molecule has 3 rings (SSSR count).